The number of nitrogens with zero attached hydrogens (tertiary/aromatic N) is 1. The zero-order valence-corrected chi connectivity index (χ0v) is 13.4. The molecule has 0 radical (unpaired) electrons. The summed E-state index contributed by atoms with van der Waals surface area (Å²) in [7, 11) is 1.67. The Balaban J connectivity index is 1.73. The highest BCUT2D eigenvalue weighted by Gasteiger charge is 2.25. The molecule has 23 heavy (non-hydrogen) atoms. The van der Waals surface area contributed by atoms with Crippen LogP contribution in [-0.2, 0) is 6.42 Å². The summed E-state index contributed by atoms with van der Waals surface area (Å²) in [6, 6.07) is 15.1. The fourth-order valence-corrected chi connectivity index (χ4v) is 3.41. The highest BCUT2D eigenvalue weighted by Crippen LogP contribution is 2.27. The predicted octanol–water partition coefficient (Wildman–Crippen LogP) is 3.23. The van der Waals surface area contributed by atoms with Crippen LogP contribution < -0.4 is 15.4 Å². The van der Waals surface area contributed by atoms with E-state index in [0.29, 0.717) is 5.92 Å². The zero-order chi connectivity index (χ0) is 16.2. The molecule has 0 spiro atoms. The lowest BCUT2D eigenvalue weighted by atomic mass is 9.88. The largest absolute Gasteiger partial charge is 0.497 e. The first kappa shape index (κ1) is 15.8. The fourth-order valence-electron chi connectivity index (χ4n) is 3.41. The SMILES string of the molecule is COc1cccc(N2CC(N)CC(Cc3cccc(F)c3)C2)c1. The summed E-state index contributed by atoms with van der Waals surface area (Å²) >= 11 is 0. The van der Waals surface area contributed by atoms with Crippen molar-refractivity contribution < 1.29 is 9.13 Å². The smallest absolute Gasteiger partial charge is 0.123 e. The van der Waals surface area contributed by atoms with Crippen LogP contribution in [0.2, 0.25) is 0 Å². The van der Waals surface area contributed by atoms with Gasteiger partial charge >= 0.3 is 0 Å². The first-order valence-electron chi connectivity index (χ1n) is 8.03. The molecule has 122 valence electrons. The van der Waals surface area contributed by atoms with Gasteiger partial charge in [0.2, 0.25) is 0 Å². The van der Waals surface area contributed by atoms with Gasteiger partial charge in [0.25, 0.3) is 0 Å². The minimum absolute atomic E-state index is 0.133. The van der Waals surface area contributed by atoms with Crippen molar-refractivity contribution in [2.24, 2.45) is 11.7 Å². The standard InChI is InChI=1S/C19H23FN2O/c1-23-19-7-3-6-18(11-19)22-12-15(10-17(21)13-22)8-14-4-2-5-16(20)9-14/h2-7,9,11,15,17H,8,10,12-13,21H2,1H3. The van der Waals surface area contributed by atoms with E-state index in [2.05, 4.69) is 11.0 Å². The monoisotopic (exact) mass is 314 g/mol. The Morgan fingerprint density at radius 3 is 2.78 bits per heavy atom. The lowest BCUT2D eigenvalue weighted by molar-refractivity contribution is 0.373. The van der Waals surface area contributed by atoms with Gasteiger partial charge in [-0.3, -0.25) is 0 Å². The van der Waals surface area contributed by atoms with Gasteiger partial charge in [0.05, 0.1) is 7.11 Å². The predicted molar refractivity (Wildman–Crippen MR) is 91.4 cm³/mol. The molecule has 3 rings (SSSR count). The normalized spacial score (nSPS) is 21.3. The summed E-state index contributed by atoms with van der Waals surface area (Å²) in [5.41, 5.74) is 8.43. The summed E-state index contributed by atoms with van der Waals surface area (Å²) in [5, 5.41) is 0. The highest BCUT2D eigenvalue weighted by atomic mass is 19.1. The number of hydrogen-bond donors (Lipinski definition) is 1. The average Bonchev–Trinajstić information content (AvgIpc) is 2.54. The van der Waals surface area contributed by atoms with Crippen molar-refractivity contribution in [2.45, 2.75) is 18.9 Å². The Kier molecular flexibility index (Phi) is 4.82. The lowest BCUT2D eigenvalue weighted by Crippen LogP contribution is -2.47. The third kappa shape index (κ3) is 4.02. The van der Waals surface area contributed by atoms with Crippen LogP contribution in [0.25, 0.3) is 0 Å². The van der Waals surface area contributed by atoms with E-state index in [-0.39, 0.29) is 11.9 Å². The molecule has 2 unspecified atom stereocenters. The average molecular weight is 314 g/mol. The van der Waals surface area contributed by atoms with Crippen molar-refractivity contribution in [3.63, 3.8) is 0 Å². The molecule has 1 heterocycles. The molecule has 0 aromatic heterocycles. The van der Waals surface area contributed by atoms with Gasteiger partial charge in [-0.2, -0.15) is 0 Å². The second-order valence-corrected chi connectivity index (χ2v) is 6.30. The van der Waals surface area contributed by atoms with Crippen LogP contribution in [0.1, 0.15) is 12.0 Å². The molecule has 2 atom stereocenters. The highest BCUT2D eigenvalue weighted by molar-refractivity contribution is 5.51. The molecule has 1 fully saturated rings. The molecule has 1 aliphatic heterocycles. The second kappa shape index (κ2) is 7.01. The molecule has 0 saturated carbocycles. The number of nitrogens with two attached hydrogens (primary N) is 1. The van der Waals surface area contributed by atoms with Gasteiger partial charge in [-0.1, -0.05) is 18.2 Å². The molecular formula is C19H23FN2O. The Bertz CT molecular complexity index is 661. The van der Waals surface area contributed by atoms with E-state index in [9.17, 15) is 4.39 Å². The third-order valence-electron chi connectivity index (χ3n) is 4.40. The van der Waals surface area contributed by atoms with E-state index in [1.807, 2.05) is 24.3 Å². The molecule has 2 aromatic rings. The van der Waals surface area contributed by atoms with Gasteiger partial charge in [-0.05, 0) is 48.6 Å². The van der Waals surface area contributed by atoms with Gasteiger partial charge in [0.15, 0.2) is 0 Å². The maximum atomic E-state index is 13.4. The van der Waals surface area contributed by atoms with Crippen molar-refractivity contribution in [3.05, 3.63) is 59.9 Å². The summed E-state index contributed by atoms with van der Waals surface area (Å²) in [5.74, 6) is 1.10. The molecule has 0 amide bonds. The molecule has 0 aliphatic carbocycles. The number of rotatable bonds is 4. The fraction of sp³-hybridized carbons (Fsp3) is 0.368. The van der Waals surface area contributed by atoms with Crippen molar-refractivity contribution >= 4 is 5.69 Å². The minimum Gasteiger partial charge on any atom is -0.497 e. The van der Waals surface area contributed by atoms with Crippen molar-refractivity contribution in [1.29, 1.82) is 0 Å². The topological polar surface area (TPSA) is 38.5 Å². The molecule has 2 aromatic carbocycles. The van der Waals surface area contributed by atoms with Crippen LogP contribution in [0.4, 0.5) is 10.1 Å². The van der Waals surface area contributed by atoms with Gasteiger partial charge in [-0.25, -0.2) is 4.39 Å². The maximum Gasteiger partial charge on any atom is 0.123 e. The second-order valence-electron chi connectivity index (χ2n) is 6.30. The van der Waals surface area contributed by atoms with Crippen molar-refractivity contribution in [1.82, 2.24) is 0 Å². The Morgan fingerprint density at radius 1 is 1.17 bits per heavy atom. The molecule has 4 heteroatoms. The first-order valence-corrected chi connectivity index (χ1v) is 8.03. The number of methoxy groups -OCH3 is 1. The van der Waals surface area contributed by atoms with Crippen molar-refractivity contribution in [2.75, 3.05) is 25.1 Å². The van der Waals surface area contributed by atoms with Crippen LogP contribution in [-0.4, -0.2) is 26.2 Å². The Hall–Kier alpha value is -2.07. The lowest BCUT2D eigenvalue weighted by Gasteiger charge is -2.38. The summed E-state index contributed by atoms with van der Waals surface area (Å²) in [6.07, 6.45) is 1.82. The van der Waals surface area contributed by atoms with E-state index < -0.39 is 0 Å². The van der Waals surface area contributed by atoms with Crippen molar-refractivity contribution in [3.8, 4) is 5.75 Å². The summed E-state index contributed by atoms with van der Waals surface area (Å²) in [6.45, 7) is 1.77. The number of benzene rings is 2. The van der Waals surface area contributed by atoms with Gasteiger partial charge < -0.3 is 15.4 Å². The van der Waals surface area contributed by atoms with Crippen LogP contribution in [0.3, 0.4) is 0 Å². The molecule has 2 N–H and O–H groups in total. The van der Waals surface area contributed by atoms with Crippen LogP contribution in [0.5, 0.6) is 5.75 Å². The van der Waals surface area contributed by atoms with E-state index in [1.54, 1.807) is 19.2 Å². The number of ether oxygens (including phenoxy) is 1. The number of halogens is 1. The van der Waals surface area contributed by atoms with Gasteiger partial charge in [0, 0.05) is 30.9 Å². The van der Waals surface area contributed by atoms with Crippen LogP contribution in [0.15, 0.2) is 48.5 Å². The summed E-state index contributed by atoms with van der Waals surface area (Å²) in [4.78, 5) is 2.31. The number of anilines is 1. The zero-order valence-electron chi connectivity index (χ0n) is 13.4. The first-order chi connectivity index (χ1) is 11.1. The molecule has 1 saturated heterocycles. The molecule has 3 nitrogen and oxygen atoms in total. The number of hydrogen-bond acceptors (Lipinski definition) is 3. The van der Waals surface area contributed by atoms with Gasteiger partial charge in [-0.15, -0.1) is 0 Å². The minimum atomic E-state index is -0.174. The molecular weight excluding hydrogens is 291 g/mol. The quantitative estimate of drug-likeness (QED) is 0.941. The van der Waals surface area contributed by atoms with Gasteiger partial charge in [0.1, 0.15) is 11.6 Å². The Morgan fingerprint density at radius 2 is 2.00 bits per heavy atom. The van der Waals surface area contributed by atoms with E-state index in [0.717, 1.165) is 42.9 Å². The van der Waals surface area contributed by atoms with E-state index >= 15 is 0 Å². The van der Waals surface area contributed by atoms with Crippen LogP contribution in [0, 0.1) is 11.7 Å². The third-order valence-corrected chi connectivity index (χ3v) is 4.40. The van der Waals surface area contributed by atoms with Crippen LogP contribution >= 0.6 is 0 Å². The Labute approximate surface area is 136 Å². The molecule has 0 bridgehead atoms. The van der Waals surface area contributed by atoms with E-state index in [4.69, 9.17) is 10.5 Å². The maximum absolute atomic E-state index is 13.4. The van der Waals surface area contributed by atoms with E-state index in [1.165, 1.54) is 6.07 Å². The molecule has 1 aliphatic rings. The number of piperidine rings is 1. The summed E-state index contributed by atoms with van der Waals surface area (Å²) < 4.78 is 18.7.